The number of alkyl carbamates (subject to hydrolysis) is 2. The van der Waals surface area contributed by atoms with Crippen LogP contribution in [-0.4, -0.2) is 93.1 Å². The zero-order valence-corrected chi connectivity index (χ0v) is 38.2. The van der Waals surface area contributed by atoms with Gasteiger partial charge < -0.3 is 44.6 Å². The lowest BCUT2D eigenvalue weighted by molar-refractivity contribution is -0.136. The maximum absolute atomic E-state index is 16.6. The summed E-state index contributed by atoms with van der Waals surface area (Å²) in [4.78, 5) is 71.7. The Morgan fingerprint density at radius 3 is 1.94 bits per heavy atom. The molecule has 2 aromatic heterocycles. The number of benzene rings is 2. The summed E-state index contributed by atoms with van der Waals surface area (Å²) in [5, 5.41) is 5.78. The first-order chi connectivity index (χ1) is 30.8. The van der Waals surface area contributed by atoms with Crippen LogP contribution in [0.5, 0.6) is 5.75 Å². The van der Waals surface area contributed by atoms with E-state index in [0.29, 0.717) is 82.9 Å². The standard InChI is InChI=1S/C46H55Cl2FN8O7/c1-23(2)35(52-45(60)62-4)43(58)56-18-8-12-31(56)41-50-37(39(47)54-41)26-14-15-28-27-16-17-29(34(49)30(27)22-64-33(28)21-26)38-40(48)55-42(51-38)32-13-9-19-57(32)44(59)36(53-46(61)63-5)24(3)20-25-10-6-7-11-25/h14-17,21,23-25,31-32,35-36H,6-13,18-20,22H2,1-5H3,(H,50,54)(H,51,55)(H,52,60)(H,53,61)/t24?,31-,32-,35-,36-/m0/s1. The van der Waals surface area contributed by atoms with Crippen LogP contribution in [0.2, 0.25) is 10.3 Å². The van der Waals surface area contributed by atoms with Crippen molar-refractivity contribution in [3.05, 3.63) is 63.7 Å². The first kappa shape index (κ1) is 45.2. The average molecular weight is 922 g/mol. The zero-order chi connectivity index (χ0) is 45.4. The Morgan fingerprint density at radius 2 is 1.33 bits per heavy atom. The minimum Gasteiger partial charge on any atom is -0.488 e. The highest BCUT2D eigenvalue weighted by Gasteiger charge is 2.41. The maximum atomic E-state index is 16.6. The topological polar surface area (TPSA) is 184 Å². The fourth-order valence-electron chi connectivity index (χ4n) is 10.0. The van der Waals surface area contributed by atoms with Crippen molar-refractivity contribution >= 4 is 47.2 Å². The quantitative estimate of drug-likeness (QED) is 0.108. The van der Waals surface area contributed by atoms with Gasteiger partial charge in [0.15, 0.2) is 10.3 Å². The number of hydrogen-bond acceptors (Lipinski definition) is 9. The summed E-state index contributed by atoms with van der Waals surface area (Å²) in [6.07, 6.45) is 6.86. The monoisotopic (exact) mass is 920 g/mol. The number of methoxy groups -OCH3 is 2. The van der Waals surface area contributed by atoms with Crippen LogP contribution in [-0.2, 0) is 25.7 Å². The normalized spacial score (nSPS) is 19.8. The van der Waals surface area contributed by atoms with Gasteiger partial charge in [-0.15, -0.1) is 0 Å². The molecule has 3 fully saturated rings. The molecule has 8 rings (SSSR count). The molecule has 15 nitrogen and oxygen atoms in total. The van der Waals surface area contributed by atoms with Crippen LogP contribution >= 0.6 is 23.2 Å². The fourth-order valence-corrected chi connectivity index (χ4v) is 10.5. The molecule has 1 aliphatic carbocycles. The lowest BCUT2D eigenvalue weighted by atomic mass is 9.88. The van der Waals surface area contributed by atoms with Gasteiger partial charge in [0.05, 0.1) is 37.7 Å². The number of fused-ring (bicyclic) bond motifs is 3. The molecule has 4 aromatic rings. The Kier molecular flexibility index (Phi) is 13.4. The minimum atomic E-state index is -0.773. The van der Waals surface area contributed by atoms with E-state index in [1.807, 2.05) is 45.0 Å². The van der Waals surface area contributed by atoms with Gasteiger partial charge in [0.2, 0.25) is 11.8 Å². The number of aromatic amines is 2. The molecule has 64 heavy (non-hydrogen) atoms. The predicted octanol–water partition coefficient (Wildman–Crippen LogP) is 9.12. The summed E-state index contributed by atoms with van der Waals surface area (Å²) in [6.45, 7) is 6.64. The van der Waals surface area contributed by atoms with Gasteiger partial charge in [-0.3, -0.25) is 9.59 Å². The van der Waals surface area contributed by atoms with Crippen molar-refractivity contribution < 1.29 is 37.8 Å². The second-order valence-electron chi connectivity index (χ2n) is 17.7. The van der Waals surface area contributed by atoms with Gasteiger partial charge in [0.1, 0.15) is 41.9 Å². The molecule has 4 N–H and O–H groups in total. The highest BCUT2D eigenvalue weighted by atomic mass is 35.5. The van der Waals surface area contributed by atoms with Gasteiger partial charge in [-0.2, -0.15) is 0 Å². The molecule has 3 aliphatic heterocycles. The van der Waals surface area contributed by atoms with E-state index in [4.69, 9.17) is 37.4 Å². The number of carbonyl (C=O) groups is 4. The highest BCUT2D eigenvalue weighted by Crippen LogP contribution is 2.45. The lowest BCUT2D eigenvalue weighted by Crippen LogP contribution is -2.52. The fraction of sp³-hybridized carbons (Fsp3) is 0.522. The summed E-state index contributed by atoms with van der Waals surface area (Å²) in [5.74, 6) is 0.788. The molecule has 0 radical (unpaired) electrons. The van der Waals surface area contributed by atoms with Crippen molar-refractivity contribution in [2.45, 2.75) is 109 Å². The number of ether oxygens (including phenoxy) is 3. The Balaban J connectivity index is 1.00. The van der Waals surface area contributed by atoms with Crippen LogP contribution in [0.4, 0.5) is 14.0 Å². The van der Waals surface area contributed by atoms with Gasteiger partial charge in [0, 0.05) is 35.3 Å². The summed E-state index contributed by atoms with van der Waals surface area (Å²) in [6, 6.07) is 6.65. The van der Waals surface area contributed by atoms with E-state index in [0.717, 1.165) is 32.1 Å². The van der Waals surface area contributed by atoms with Crippen molar-refractivity contribution in [1.82, 2.24) is 40.4 Å². The third-order valence-electron chi connectivity index (χ3n) is 13.4. The molecule has 5 atom stereocenters. The third kappa shape index (κ3) is 8.87. The van der Waals surface area contributed by atoms with Gasteiger partial charge in [-0.25, -0.2) is 23.9 Å². The molecule has 0 spiro atoms. The number of H-pyrrole nitrogens is 2. The first-order valence-corrected chi connectivity index (χ1v) is 22.9. The second-order valence-corrected chi connectivity index (χ2v) is 18.5. The minimum absolute atomic E-state index is 0.0552. The van der Waals surface area contributed by atoms with Crippen LogP contribution in [0.3, 0.4) is 0 Å². The number of likely N-dealkylation sites (tertiary alicyclic amines) is 2. The van der Waals surface area contributed by atoms with E-state index < -0.39 is 36.1 Å². The summed E-state index contributed by atoms with van der Waals surface area (Å²) >= 11 is 13.5. The first-order valence-electron chi connectivity index (χ1n) is 22.2. The molecule has 4 amide bonds. The van der Waals surface area contributed by atoms with E-state index in [2.05, 4.69) is 30.6 Å². The van der Waals surface area contributed by atoms with E-state index >= 15 is 4.39 Å². The number of rotatable bonds is 12. The molecule has 2 saturated heterocycles. The lowest BCUT2D eigenvalue weighted by Gasteiger charge is -2.32. The SMILES string of the molecule is COC(=O)N[C@H](C(=O)N1CCC[C@H]1c1nc(Cl)c(-c2ccc3c(c2)OCc2c-3ccc(-c3[nH]c([C@@H]4CCCN4C(=O)[C@@H](NC(=O)OC)C(C)CC4CCCC4)nc3Cl)c2F)[nH]1)C(C)C. The molecule has 1 unspecified atom stereocenters. The van der Waals surface area contributed by atoms with Crippen LogP contribution < -0.4 is 15.4 Å². The Bertz CT molecular complexity index is 2420. The summed E-state index contributed by atoms with van der Waals surface area (Å²) in [5.41, 5.74) is 3.44. The van der Waals surface area contributed by atoms with Crippen molar-refractivity contribution in [3.8, 4) is 39.4 Å². The highest BCUT2D eigenvalue weighted by molar-refractivity contribution is 6.32. The molecule has 1 saturated carbocycles. The van der Waals surface area contributed by atoms with Gasteiger partial charge in [0.25, 0.3) is 0 Å². The third-order valence-corrected chi connectivity index (χ3v) is 13.9. The van der Waals surface area contributed by atoms with E-state index in [1.54, 1.807) is 15.9 Å². The second kappa shape index (κ2) is 19.0. The predicted molar refractivity (Wildman–Crippen MR) is 238 cm³/mol. The Hall–Kier alpha value is -5.35. The molecule has 342 valence electrons. The van der Waals surface area contributed by atoms with E-state index in [1.165, 1.54) is 27.1 Å². The number of aromatic nitrogens is 4. The van der Waals surface area contributed by atoms with Crippen molar-refractivity contribution in [1.29, 1.82) is 0 Å². The summed E-state index contributed by atoms with van der Waals surface area (Å²) < 4.78 is 32.5. The molecule has 5 heterocycles. The smallest absolute Gasteiger partial charge is 0.407 e. The van der Waals surface area contributed by atoms with Crippen LogP contribution in [0.15, 0.2) is 30.3 Å². The zero-order valence-electron chi connectivity index (χ0n) is 36.7. The van der Waals surface area contributed by atoms with Crippen LogP contribution in [0.1, 0.15) is 108 Å². The van der Waals surface area contributed by atoms with Gasteiger partial charge >= 0.3 is 12.2 Å². The van der Waals surface area contributed by atoms with Crippen LogP contribution in [0.25, 0.3) is 33.6 Å². The van der Waals surface area contributed by atoms with E-state index in [9.17, 15) is 19.2 Å². The number of imidazole rings is 2. The largest absolute Gasteiger partial charge is 0.488 e. The average Bonchev–Trinajstić information content (AvgIpc) is 4.15. The molecule has 18 heteroatoms. The van der Waals surface area contributed by atoms with Gasteiger partial charge in [-0.1, -0.05) is 81.8 Å². The number of nitrogens with zero attached hydrogens (tertiary/aromatic N) is 4. The number of carbonyl (C=O) groups excluding carboxylic acids is 4. The Labute approximate surface area is 381 Å². The van der Waals surface area contributed by atoms with E-state index in [-0.39, 0.29) is 52.2 Å². The maximum Gasteiger partial charge on any atom is 0.407 e. The molecular weight excluding hydrogens is 866 g/mol. The van der Waals surface area contributed by atoms with Crippen molar-refractivity contribution in [3.63, 3.8) is 0 Å². The number of nitrogens with one attached hydrogen (secondary N) is 4. The summed E-state index contributed by atoms with van der Waals surface area (Å²) in [7, 11) is 2.55. The number of hydrogen-bond donors (Lipinski definition) is 4. The van der Waals surface area contributed by atoms with Crippen molar-refractivity contribution in [2.24, 2.45) is 17.8 Å². The molecule has 2 aromatic carbocycles. The number of halogens is 3. The number of amides is 4. The molecular formula is C46H55Cl2FN8O7. The van der Waals surface area contributed by atoms with Crippen LogP contribution in [0, 0.1) is 23.6 Å². The molecule has 0 bridgehead atoms. The molecule has 4 aliphatic rings. The van der Waals surface area contributed by atoms with Crippen molar-refractivity contribution in [2.75, 3.05) is 27.3 Å². The van der Waals surface area contributed by atoms with Gasteiger partial charge in [-0.05, 0) is 73.6 Å². The Morgan fingerprint density at radius 1 is 0.781 bits per heavy atom.